The third-order valence-electron chi connectivity index (χ3n) is 3.90. The molecule has 1 N–H and O–H groups in total. The first kappa shape index (κ1) is 18.2. The average molecular weight is 370 g/mol. The van der Waals surface area contributed by atoms with Crippen molar-refractivity contribution in [3.63, 3.8) is 0 Å². The summed E-state index contributed by atoms with van der Waals surface area (Å²) in [6.07, 6.45) is 0.862. The van der Waals surface area contributed by atoms with E-state index < -0.39 is 0 Å². The lowest BCUT2D eigenvalue weighted by Crippen LogP contribution is -2.24. The second-order valence-electron chi connectivity index (χ2n) is 6.62. The van der Waals surface area contributed by atoms with Gasteiger partial charge in [0, 0.05) is 22.6 Å². The van der Waals surface area contributed by atoms with Gasteiger partial charge in [0.15, 0.2) is 11.5 Å². The second kappa shape index (κ2) is 7.72. The molecule has 0 atom stereocenters. The minimum Gasteiger partial charge on any atom is -0.483 e. The number of benzene rings is 2. The summed E-state index contributed by atoms with van der Waals surface area (Å²) < 4.78 is 11.7. The topological polar surface area (TPSA) is 47.6 Å². The molecule has 0 aromatic heterocycles. The molecular weight excluding hydrogens is 350 g/mol. The highest BCUT2D eigenvalue weighted by atomic mass is 35.5. The van der Waals surface area contributed by atoms with Crippen LogP contribution in [-0.4, -0.2) is 24.7 Å². The first-order valence-electron chi connectivity index (χ1n) is 8.38. The van der Waals surface area contributed by atoms with Crippen molar-refractivity contribution in [3.05, 3.63) is 58.6 Å². The Bertz CT molecular complexity index is 880. The van der Waals surface area contributed by atoms with Crippen molar-refractivity contribution in [1.29, 1.82) is 0 Å². The molecule has 2 aromatic carbocycles. The van der Waals surface area contributed by atoms with Crippen LogP contribution in [0.3, 0.4) is 0 Å². The molecule has 1 heterocycles. The number of ether oxygens (including phenoxy) is 2. The molecule has 5 heteroatoms. The van der Waals surface area contributed by atoms with E-state index in [0.29, 0.717) is 16.3 Å². The Kier molecular flexibility index (Phi) is 5.39. The van der Waals surface area contributed by atoms with Gasteiger partial charge in [-0.25, -0.2) is 0 Å². The molecule has 4 nitrogen and oxygen atoms in total. The van der Waals surface area contributed by atoms with Crippen molar-refractivity contribution in [2.45, 2.75) is 25.9 Å². The number of para-hydroxylation sites is 1. The highest BCUT2D eigenvalue weighted by Crippen LogP contribution is 2.41. The van der Waals surface area contributed by atoms with Gasteiger partial charge in [0.1, 0.15) is 12.2 Å². The molecule has 0 saturated carbocycles. The van der Waals surface area contributed by atoms with E-state index in [4.69, 9.17) is 21.1 Å². The normalized spacial score (nSPS) is 13.8. The smallest absolute Gasteiger partial charge is 0.252 e. The zero-order valence-corrected chi connectivity index (χ0v) is 15.5. The van der Waals surface area contributed by atoms with E-state index in [9.17, 15) is 4.79 Å². The summed E-state index contributed by atoms with van der Waals surface area (Å²) in [6.45, 7) is 4.58. The fraction of sp³-hybridized carbons (Fsp3) is 0.286. The predicted molar refractivity (Wildman–Crippen MR) is 102 cm³/mol. The number of carbonyl (C=O) groups excluding carboxylic acids is 1. The second-order valence-corrected chi connectivity index (χ2v) is 7.05. The highest BCUT2D eigenvalue weighted by molar-refractivity contribution is 6.30. The van der Waals surface area contributed by atoms with Gasteiger partial charge in [-0.1, -0.05) is 41.6 Å². The van der Waals surface area contributed by atoms with E-state index in [2.05, 4.69) is 31.0 Å². The Morgan fingerprint density at radius 2 is 2.08 bits per heavy atom. The number of nitrogens with one attached hydrogen (secondary N) is 1. The quantitative estimate of drug-likeness (QED) is 0.832. The standard InChI is InChI=1S/C21H20ClNO3/c1-21(2)14-16-8-6-10-18(19(16)26-21)25-12-4-3-11-23-20(24)15-7-5-9-17(22)13-15/h5-10,13H,11-12,14H2,1-2H3,(H,23,24). The molecular formula is C21H20ClNO3. The van der Waals surface area contributed by atoms with Crippen molar-refractivity contribution in [3.8, 4) is 23.3 Å². The maximum absolute atomic E-state index is 12.0. The first-order valence-corrected chi connectivity index (χ1v) is 8.76. The monoisotopic (exact) mass is 369 g/mol. The number of rotatable bonds is 4. The molecule has 0 saturated heterocycles. The number of fused-ring (bicyclic) bond motifs is 1. The Morgan fingerprint density at radius 1 is 1.27 bits per heavy atom. The largest absolute Gasteiger partial charge is 0.483 e. The molecule has 1 aliphatic heterocycles. The van der Waals surface area contributed by atoms with Crippen LogP contribution in [0.5, 0.6) is 11.5 Å². The average Bonchev–Trinajstić information content (AvgIpc) is 2.92. The fourth-order valence-electron chi connectivity index (χ4n) is 2.78. The van der Waals surface area contributed by atoms with Gasteiger partial charge in [-0.15, -0.1) is 0 Å². The maximum Gasteiger partial charge on any atom is 0.252 e. The number of hydrogen-bond donors (Lipinski definition) is 1. The lowest BCUT2D eigenvalue weighted by Gasteiger charge is -2.17. The third kappa shape index (κ3) is 4.50. The van der Waals surface area contributed by atoms with Crippen LogP contribution in [0.15, 0.2) is 42.5 Å². The molecule has 0 aliphatic carbocycles. The third-order valence-corrected chi connectivity index (χ3v) is 4.14. The summed E-state index contributed by atoms with van der Waals surface area (Å²) in [5.41, 5.74) is 1.45. The lowest BCUT2D eigenvalue weighted by atomic mass is 10.0. The van der Waals surface area contributed by atoms with Crippen LogP contribution in [0.1, 0.15) is 29.8 Å². The van der Waals surface area contributed by atoms with Gasteiger partial charge >= 0.3 is 0 Å². The van der Waals surface area contributed by atoms with Gasteiger partial charge in [-0.2, -0.15) is 0 Å². The zero-order chi connectivity index (χ0) is 18.6. The van der Waals surface area contributed by atoms with Crippen LogP contribution >= 0.6 is 11.6 Å². The van der Waals surface area contributed by atoms with Crippen LogP contribution < -0.4 is 14.8 Å². The zero-order valence-electron chi connectivity index (χ0n) is 14.8. The van der Waals surface area contributed by atoms with Gasteiger partial charge < -0.3 is 14.8 Å². The molecule has 1 aliphatic rings. The van der Waals surface area contributed by atoms with E-state index in [0.717, 1.165) is 17.7 Å². The molecule has 0 fully saturated rings. The molecule has 134 valence electrons. The molecule has 0 radical (unpaired) electrons. The van der Waals surface area contributed by atoms with E-state index in [1.54, 1.807) is 24.3 Å². The summed E-state index contributed by atoms with van der Waals surface area (Å²) in [4.78, 5) is 12.0. The summed E-state index contributed by atoms with van der Waals surface area (Å²) in [5.74, 6) is 7.06. The van der Waals surface area contributed by atoms with Crippen molar-refractivity contribution in [1.82, 2.24) is 5.32 Å². The van der Waals surface area contributed by atoms with Gasteiger partial charge in [0.25, 0.3) is 5.91 Å². The molecule has 0 spiro atoms. The van der Waals surface area contributed by atoms with Crippen molar-refractivity contribution < 1.29 is 14.3 Å². The summed E-state index contributed by atoms with van der Waals surface area (Å²) in [7, 11) is 0. The highest BCUT2D eigenvalue weighted by Gasteiger charge is 2.32. The minimum atomic E-state index is -0.210. The molecule has 3 rings (SSSR count). The fourth-order valence-corrected chi connectivity index (χ4v) is 2.97. The van der Waals surface area contributed by atoms with Gasteiger partial charge in [0.2, 0.25) is 0 Å². The van der Waals surface area contributed by atoms with Crippen molar-refractivity contribution in [2.75, 3.05) is 13.2 Å². The molecule has 26 heavy (non-hydrogen) atoms. The van der Waals surface area contributed by atoms with Gasteiger partial charge in [-0.05, 0) is 38.1 Å². The predicted octanol–water partition coefficient (Wildman–Crippen LogP) is 3.87. The van der Waals surface area contributed by atoms with Crippen LogP contribution in [0.4, 0.5) is 0 Å². The first-order chi connectivity index (χ1) is 12.4. The minimum absolute atomic E-state index is 0.209. The summed E-state index contributed by atoms with van der Waals surface area (Å²) in [6, 6.07) is 12.7. The van der Waals surface area contributed by atoms with Crippen LogP contribution in [0.25, 0.3) is 0 Å². The number of halogens is 1. The van der Waals surface area contributed by atoms with Gasteiger partial charge in [-0.3, -0.25) is 4.79 Å². The summed E-state index contributed by atoms with van der Waals surface area (Å²) in [5, 5.41) is 3.25. The molecule has 2 aromatic rings. The number of amides is 1. The van der Waals surface area contributed by atoms with E-state index >= 15 is 0 Å². The lowest BCUT2D eigenvalue weighted by molar-refractivity contribution is 0.0958. The number of hydrogen-bond acceptors (Lipinski definition) is 3. The molecule has 0 unspecified atom stereocenters. The SMILES string of the molecule is CC1(C)Cc2cccc(OCC#CCNC(=O)c3cccc(Cl)c3)c2O1. The van der Waals surface area contributed by atoms with Gasteiger partial charge in [0.05, 0.1) is 6.54 Å². The van der Waals surface area contributed by atoms with Crippen LogP contribution in [0, 0.1) is 11.8 Å². The maximum atomic E-state index is 12.0. The van der Waals surface area contributed by atoms with Crippen molar-refractivity contribution in [2.24, 2.45) is 0 Å². The Morgan fingerprint density at radius 3 is 2.88 bits per heavy atom. The van der Waals surface area contributed by atoms with E-state index in [1.807, 2.05) is 18.2 Å². The Hall–Kier alpha value is -2.64. The molecule has 0 bridgehead atoms. The van der Waals surface area contributed by atoms with Crippen molar-refractivity contribution >= 4 is 17.5 Å². The summed E-state index contributed by atoms with van der Waals surface area (Å²) >= 11 is 5.87. The Balaban J connectivity index is 1.49. The van der Waals surface area contributed by atoms with Crippen LogP contribution in [0.2, 0.25) is 5.02 Å². The molecule has 1 amide bonds. The van der Waals surface area contributed by atoms with E-state index in [1.165, 1.54) is 0 Å². The Labute approximate surface area is 158 Å². The number of carbonyl (C=O) groups is 1. The van der Waals surface area contributed by atoms with E-state index in [-0.39, 0.29) is 24.7 Å². The van der Waals surface area contributed by atoms with Crippen LogP contribution in [-0.2, 0) is 6.42 Å².